The van der Waals surface area contributed by atoms with Crippen LogP contribution in [0.2, 0.25) is 0 Å². The predicted octanol–water partition coefficient (Wildman–Crippen LogP) is 4.94. The summed E-state index contributed by atoms with van der Waals surface area (Å²) in [5, 5.41) is 11.4. The van der Waals surface area contributed by atoms with E-state index in [9.17, 15) is 14.7 Å². The molecule has 1 aliphatic rings. The second-order valence-corrected chi connectivity index (χ2v) is 8.35. The van der Waals surface area contributed by atoms with E-state index in [1.807, 2.05) is 62.4 Å². The van der Waals surface area contributed by atoms with Crippen LogP contribution in [-0.2, 0) is 16.1 Å². The number of likely N-dealkylation sites (tertiary alicyclic amines) is 1. The van der Waals surface area contributed by atoms with E-state index in [2.05, 4.69) is 0 Å². The summed E-state index contributed by atoms with van der Waals surface area (Å²) >= 11 is 0. The number of methoxy groups -OCH3 is 2. The van der Waals surface area contributed by atoms with Gasteiger partial charge in [-0.05, 0) is 48.7 Å². The average molecular weight is 458 g/mol. The van der Waals surface area contributed by atoms with Crippen molar-refractivity contribution >= 4 is 17.4 Å². The molecule has 0 spiro atoms. The molecule has 1 amide bonds. The number of Topliss-reactive ketones (excluding diaryl/α,β-unsaturated/α-hetero) is 1. The summed E-state index contributed by atoms with van der Waals surface area (Å²) in [4.78, 5) is 28.1. The maximum absolute atomic E-state index is 13.3. The quantitative estimate of drug-likeness (QED) is 0.322. The lowest BCUT2D eigenvalue weighted by Gasteiger charge is -2.26. The van der Waals surface area contributed by atoms with Gasteiger partial charge in [-0.25, -0.2) is 0 Å². The monoisotopic (exact) mass is 457 g/mol. The van der Waals surface area contributed by atoms with E-state index in [1.54, 1.807) is 25.3 Å². The zero-order chi connectivity index (χ0) is 24.4. The number of aliphatic hydroxyl groups is 1. The van der Waals surface area contributed by atoms with Gasteiger partial charge in [-0.3, -0.25) is 9.59 Å². The lowest BCUT2D eigenvalue weighted by Crippen LogP contribution is -2.29. The molecular weight excluding hydrogens is 430 g/mol. The van der Waals surface area contributed by atoms with Crippen LogP contribution in [0, 0.1) is 13.8 Å². The Morgan fingerprint density at radius 1 is 0.912 bits per heavy atom. The number of carbonyl (C=O) groups excluding carboxylic acids is 2. The summed E-state index contributed by atoms with van der Waals surface area (Å²) in [6, 6.07) is 19.6. The number of aryl methyl sites for hydroxylation is 2. The molecule has 6 nitrogen and oxygen atoms in total. The number of hydrogen-bond acceptors (Lipinski definition) is 5. The van der Waals surface area contributed by atoms with Crippen molar-refractivity contribution in [2.24, 2.45) is 0 Å². The maximum atomic E-state index is 13.3. The van der Waals surface area contributed by atoms with E-state index in [4.69, 9.17) is 9.47 Å². The van der Waals surface area contributed by atoms with Crippen LogP contribution in [0.4, 0.5) is 0 Å². The molecule has 3 aromatic rings. The maximum Gasteiger partial charge on any atom is 0.295 e. The van der Waals surface area contributed by atoms with Crippen molar-refractivity contribution in [1.82, 2.24) is 4.90 Å². The van der Waals surface area contributed by atoms with Gasteiger partial charge in [-0.2, -0.15) is 0 Å². The molecule has 1 fully saturated rings. The van der Waals surface area contributed by atoms with Crippen molar-refractivity contribution < 1.29 is 24.2 Å². The highest BCUT2D eigenvalue weighted by molar-refractivity contribution is 6.46. The Hall–Kier alpha value is -4.06. The summed E-state index contributed by atoms with van der Waals surface area (Å²) in [6.45, 7) is 3.99. The molecule has 0 bridgehead atoms. The van der Waals surface area contributed by atoms with Gasteiger partial charge >= 0.3 is 0 Å². The van der Waals surface area contributed by atoms with Crippen LogP contribution in [0.25, 0.3) is 5.76 Å². The number of carbonyl (C=O) groups is 2. The fraction of sp³-hybridized carbons (Fsp3) is 0.214. The van der Waals surface area contributed by atoms with Crippen LogP contribution in [0.1, 0.15) is 33.9 Å². The molecule has 1 N–H and O–H groups in total. The first kappa shape index (κ1) is 23.1. The van der Waals surface area contributed by atoms with Gasteiger partial charge in [0.1, 0.15) is 5.76 Å². The Bertz CT molecular complexity index is 1280. The zero-order valence-corrected chi connectivity index (χ0v) is 19.7. The van der Waals surface area contributed by atoms with Gasteiger partial charge in [0.15, 0.2) is 11.5 Å². The second kappa shape index (κ2) is 9.43. The molecule has 1 unspecified atom stereocenters. The predicted molar refractivity (Wildman–Crippen MR) is 130 cm³/mol. The molecule has 0 aromatic heterocycles. The lowest BCUT2D eigenvalue weighted by atomic mass is 9.93. The third kappa shape index (κ3) is 4.15. The number of rotatable bonds is 6. The number of ether oxygens (including phenoxy) is 2. The molecule has 0 radical (unpaired) electrons. The van der Waals surface area contributed by atoms with Gasteiger partial charge in [-0.15, -0.1) is 0 Å². The summed E-state index contributed by atoms with van der Waals surface area (Å²) < 4.78 is 10.8. The van der Waals surface area contributed by atoms with Crippen LogP contribution >= 0.6 is 0 Å². The van der Waals surface area contributed by atoms with Crippen molar-refractivity contribution in [2.75, 3.05) is 14.2 Å². The van der Waals surface area contributed by atoms with Gasteiger partial charge in [0.25, 0.3) is 11.7 Å². The molecule has 6 heteroatoms. The minimum Gasteiger partial charge on any atom is -0.507 e. The van der Waals surface area contributed by atoms with Crippen LogP contribution in [-0.4, -0.2) is 35.9 Å². The molecule has 0 saturated carbocycles. The third-order valence-electron chi connectivity index (χ3n) is 6.11. The van der Waals surface area contributed by atoms with Crippen LogP contribution in [0.3, 0.4) is 0 Å². The number of amides is 1. The van der Waals surface area contributed by atoms with E-state index in [0.717, 1.165) is 16.7 Å². The van der Waals surface area contributed by atoms with Crippen molar-refractivity contribution in [3.63, 3.8) is 0 Å². The molecule has 1 atom stereocenters. The fourth-order valence-corrected chi connectivity index (χ4v) is 4.33. The van der Waals surface area contributed by atoms with Gasteiger partial charge in [0, 0.05) is 12.1 Å². The summed E-state index contributed by atoms with van der Waals surface area (Å²) in [7, 11) is 3.07. The molecular formula is C28H27NO5. The Balaban J connectivity index is 1.93. The van der Waals surface area contributed by atoms with E-state index < -0.39 is 17.7 Å². The summed E-state index contributed by atoms with van der Waals surface area (Å²) in [5.41, 5.74) is 3.85. The highest BCUT2D eigenvalue weighted by atomic mass is 16.5. The van der Waals surface area contributed by atoms with E-state index >= 15 is 0 Å². The SMILES string of the molecule is COc1ccc(C2/C(=C(\O)c3cc(C)ccc3C)C(=O)C(=O)N2Cc2ccccc2)cc1OC. The minimum atomic E-state index is -0.792. The average Bonchev–Trinajstić information content (AvgIpc) is 3.10. The van der Waals surface area contributed by atoms with E-state index in [-0.39, 0.29) is 17.9 Å². The molecule has 1 heterocycles. The lowest BCUT2D eigenvalue weighted by molar-refractivity contribution is -0.140. The fourth-order valence-electron chi connectivity index (χ4n) is 4.33. The first-order valence-corrected chi connectivity index (χ1v) is 11.0. The zero-order valence-electron chi connectivity index (χ0n) is 19.7. The van der Waals surface area contributed by atoms with Crippen LogP contribution < -0.4 is 9.47 Å². The number of ketones is 1. The Labute approximate surface area is 199 Å². The van der Waals surface area contributed by atoms with Crippen molar-refractivity contribution in [3.8, 4) is 11.5 Å². The van der Waals surface area contributed by atoms with Crippen molar-refractivity contribution in [1.29, 1.82) is 0 Å². The van der Waals surface area contributed by atoms with Gasteiger partial charge in [-0.1, -0.05) is 54.1 Å². The minimum absolute atomic E-state index is 0.0573. The number of nitrogens with zero attached hydrogens (tertiary/aromatic N) is 1. The molecule has 3 aromatic carbocycles. The molecule has 1 aliphatic heterocycles. The Kier molecular flexibility index (Phi) is 6.41. The van der Waals surface area contributed by atoms with E-state index in [1.165, 1.54) is 12.0 Å². The number of benzene rings is 3. The first-order chi connectivity index (χ1) is 16.3. The normalized spacial score (nSPS) is 17.2. The van der Waals surface area contributed by atoms with Gasteiger partial charge < -0.3 is 19.5 Å². The van der Waals surface area contributed by atoms with Crippen molar-refractivity contribution in [2.45, 2.75) is 26.4 Å². The van der Waals surface area contributed by atoms with Gasteiger partial charge in [0.2, 0.25) is 0 Å². The smallest absolute Gasteiger partial charge is 0.295 e. The molecule has 4 rings (SSSR count). The summed E-state index contributed by atoms with van der Waals surface area (Å²) in [5.74, 6) is -0.558. The topological polar surface area (TPSA) is 76.1 Å². The Morgan fingerprint density at radius 2 is 1.62 bits per heavy atom. The number of aliphatic hydroxyl groups excluding tert-OH is 1. The highest BCUT2D eigenvalue weighted by Gasteiger charge is 2.46. The molecule has 1 saturated heterocycles. The third-order valence-corrected chi connectivity index (χ3v) is 6.11. The summed E-state index contributed by atoms with van der Waals surface area (Å²) in [6.07, 6.45) is 0. The van der Waals surface area contributed by atoms with Crippen LogP contribution in [0.15, 0.2) is 72.3 Å². The standard InChI is InChI=1S/C28H27NO5/c1-17-10-11-18(2)21(14-17)26(30)24-25(20-12-13-22(33-3)23(15-20)34-4)29(28(32)27(24)31)16-19-8-6-5-7-9-19/h5-15,25,30H,16H2,1-4H3/b26-24+. The second-order valence-electron chi connectivity index (χ2n) is 8.35. The highest BCUT2D eigenvalue weighted by Crippen LogP contribution is 2.43. The van der Waals surface area contributed by atoms with Crippen molar-refractivity contribution in [3.05, 3.63) is 100 Å². The first-order valence-electron chi connectivity index (χ1n) is 11.0. The number of hydrogen-bond donors (Lipinski definition) is 1. The Morgan fingerprint density at radius 3 is 2.29 bits per heavy atom. The van der Waals surface area contributed by atoms with Gasteiger partial charge in [0.05, 0.1) is 25.8 Å². The molecule has 34 heavy (non-hydrogen) atoms. The van der Waals surface area contributed by atoms with E-state index in [0.29, 0.717) is 22.6 Å². The van der Waals surface area contributed by atoms with Crippen LogP contribution in [0.5, 0.6) is 11.5 Å². The molecule has 0 aliphatic carbocycles. The molecule has 174 valence electrons. The largest absolute Gasteiger partial charge is 0.507 e.